The van der Waals surface area contributed by atoms with Crippen LogP contribution in [-0.2, 0) is 19.1 Å². The van der Waals surface area contributed by atoms with Crippen molar-refractivity contribution in [2.45, 2.75) is 335 Å². The average molecular weight is 847 g/mol. The molecule has 0 spiro atoms. The van der Waals surface area contributed by atoms with Crippen LogP contribution in [0.4, 0.5) is 0 Å². The Kier molecular flexibility index (Phi) is 53.1. The van der Waals surface area contributed by atoms with Crippen molar-refractivity contribution in [3.05, 3.63) is 0 Å². The van der Waals surface area contributed by atoms with Gasteiger partial charge in [-0.15, -0.1) is 0 Å². The third kappa shape index (κ3) is 53.1. The molecule has 0 saturated heterocycles. The molecule has 0 N–H and O–H groups in total. The molecule has 0 unspecified atom stereocenters. The van der Waals surface area contributed by atoms with Crippen molar-refractivity contribution in [3.8, 4) is 0 Å². The summed E-state index contributed by atoms with van der Waals surface area (Å²) in [5.41, 5.74) is 0. The maximum absolute atomic E-state index is 12.0. The summed E-state index contributed by atoms with van der Waals surface area (Å²) in [6, 6.07) is 0. The van der Waals surface area contributed by atoms with Crippen LogP contribution in [0.1, 0.15) is 335 Å². The second-order valence-corrected chi connectivity index (χ2v) is 19.2. The van der Waals surface area contributed by atoms with Gasteiger partial charge in [-0.2, -0.15) is 0 Å². The van der Waals surface area contributed by atoms with Crippen molar-refractivity contribution in [3.63, 3.8) is 0 Å². The molecule has 0 atom stereocenters. The van der Waals surface area contributed by atoms with Crippen LogP contribution in [-0.4, -0.2) is 25.2 Å². The number of rotatable bonds is 53. The van der Waals surface area contributed by atoms with Crippen molar-refractivity contribution in [1.29, 1.82) is 0 Å². The third-order valence-electron chi connectivity index (χ3n) is 13.1. The molecule has 0 amide bonds. The minimum Gasteiger partial charge on any atom is -0.462 e. The van der Waals surface area contributed by atoms with E-state index in [2.05, 4.69) is 13.8 Å². The number of carbonyl (C=O) groups excluding carboxylic acids is 2. The summed E-state index contributed by atoms with van der Waals surface area (Å²) in [6.07, 6.45) is 67.0. The van der Waals surface area contributed by atoms with Gasteiger partial charge in [0.1, 0.15) is 13.2 Å². The quantitative estimate of drug-likeness (QED) is 0.0452. The summed E-state index contributed by atoms with van der Waals surface area (Å²) in [7, 11) is 0. The lowest BCUT2D eigenvalue weighted by atomic mass is 10.0. The fraction of sp³-hybridized carbons (Fsp3) is 0.964. The molecule has 0 aliphatic heterocycles. The van der Waals surface area contributed by atoms with Crippen LogP contribution in [0, 0.1) is 0 Å². The highest BCUT2D eigenvalue weighted by atomic mass is 16.6. The average Bonchev–Trinajstić information content (AvgIpc) is 3.25. The number of hydrogen-bond donors (Lipinski definition) is 0. The van der Waals surface area contributed by atoms with E-state index < -0.39 is 0 Å². The van der Waals surface area contributed by atoms with Crippen molar-refractivity contribution >= 4 is 11.9 Å². The monoisotopic (exact) mass is 847 g/mol. The zero-order chi connectivity index (χ0) is 43.3. The number of carbonyl (C=O) groups is 2. The summed E-state index contributed by atoms with van der Waals surface area (Å²) < 4.78 is 10.6. The van der Waals surface area contributed by atoms with Gasteiger partial charge in [-0.1, -0.05) is 309 Å². The summed E-state index contributed by atoms with van der Waals surface area (Å²) in [4.78, 5) is 24.1. The van der Waals surface area contributed by atoms with Gasteiger partial charge in [-0.3, -0.25) is 9.59 Å². The molecule has 358 valence electrons. The summed E-state index contributed by atoms with van der Waals surface area (Å²) in [5, 5.41) is 0. The highest BCUT2D eigenvalue weighted by molar-refractivity contribution is 5.70. The zero-order valence-corrected chi connectivity index (χ0v) is 41.4. The molecule has 0 fully saturated rings. The molecular weight excluding hydrogens is 737 g/mol. The number of ether oxygens (including phenoxy) is 2. The highest BCUT2D eigenvalue weighted by Gasteiger charge is 2.06. The van der Waals surface area contributed by atoms with Crippen LogP contribution >= 0.6 is 0 Å². The van der Waals surface area contributed by atoms with E-state index in [-0.39, 0.29) is 25.2 Å². The zero-order valence-electron chi connectivity index (χ0n) is 41.4. The molecule has 0 aromatic heterocycles. The van der Waals surface area contributed by atoms with E-state index in [0.29, 0.717) is 12.8 Å². The first-order chi connectivity index (χ1) is 29.7. The minimum absolute atomic E-state index is 0.158. The Hall–Kier alpha value is -1.06. The lowest BCUT2D eigenvalue weighted by Gasteiger charge is -2.07. The summed E-state index contributed by atoms with van der Waals surface area (Å²) in [6.45, 7) is 4.96. The number of unbranched alkanes of at least 4 members (excludes halogenated alkanes) is 46. The fourth-order valence-electron chi connectivity index (χ4n) is 8.92. The van der Waals surface area contributed by atoms with Crippen LogP contribution < -0.4 is 0 Å². The molecule has 60 heavy (non-hydrogen) atoms. The fourth-order valence-corrected chi connectivity index (χ4v) is 8.92. The van der Waals surface area contributed by atoms with E-state index in [4.69, 9.17) is 9.47 Å². The molecule has 0 aliphatic rings. The van der Waals surface area contributed by atoms with Crippen LogP contribution in [0.2, 0.25) is 0 Å². The standard InChI is InChI=1S/C56H110O4/c1-3-5-7-9-11-13-15-17-19-21-23-25-27-29-31-33-35-37-39-41-43-45-47-49-51-55(57)59-53-54-60-56(58)52-50-48-46-44-42-40-38-36-34-32-30-28-26-24-22-20-18-16-14-12-10-8-6-4-2/h3-54H2,1-2H3. The molecule has 0 bridgehead atoms. The maximum atomic E-state index is 12.0. The Morgan fingerprint density at radius 1 is 0.217 bits per heavy atom. The van der Waals surface area contributed by atoms with E-state index in [1.807, 2.05) is 0 Å². The molecule has 0 radical (unpaired) electrons. The molecule has 0 aliphatic carbocycles. The molecule has 4 nitrogen and oxygen atoms in total. The van der Waals surface area contributed by atoms with Gasteiger partial charge < -0.3 is 9.47 Å². The van der Waals surface area contributed by atoms with Gasteiger partial charge in [-0.25, -0.2) is 0 Å². The summed E-state index contributed by atoms with van der Waals surface area (Å²) in [5.74, 6) is -0.315. The second-order valence-electron chi connectivity index (χ2n) is 19.2. The predicted molar refractivity (Wildman–Crippen MR) is 264 cm³/mol. The van der Waals surface area contributed by atoms with Gasteiger partial charge in [0, 0.05) is 12.8 Å². The molecule has 0 aromatic carbocycles. The van der Waals surface area contributed by atoms with Crippen molar-refractivity contribution in [2.24, 2.45) is 0 Å². The number of hydrogen-bond acceptors (Lipinski definition) is 4. The number of esters is 2. The van der Waals surface area contributed by atoms with E-state index in [9.17, 15) is 9.59 Å². The maximum Gasteiger partial charge on any atom is 0.305 e. The van der Waals surface area contributed by atoms with E-state index >= 15 is 0 Å². The first-order valence-corrected chi connectivity index (χ1v) is 28.0. The van der Waals surface area contributed by atoms with E-state index in [1.54, 1.807) is 0 Å². The SMILES string of the molecule is CCCCCCCCCCCCCCCCCCCCCCCCCCC(=O)OCCOC(=O)CCCCCCCCCCCCCCCCCCCCCCCCCC. The van der Waals surface area contributed by atoms with Gasteiger partial charge in [0.2, 0.25) is 0 Å². The lowest BCUT2D eigenvalue weighted by molar-refractivity contribution is -0.152. The van der Waals surface area contributed by atoms with Crippen LogP contribution in [0.5, 0.6) is 0 Å². The topological polar surface area (TPSA) is 52.6 Å². The van der Waals surface area contributed by atoms with Gasteiger partial charge in [0.15, 0.2) is 0 Å². The minimum atomic E-state index is -0.158. The van der Waals surface area contributed by atoms with Gasteiger partial charge >= 0.3 is 11.9 Å². The summed E-state index contributed by atoms with van der Waals surface area (Å²) >= 11 is 0. The van der Waals surface area contributed by atoms with Crippen LogP contribution in [0.25, 0.3) is 0 Å². The van der Waals surface area contributed by atoms with Crippen LogP contribution in [0.15, 0.2) is 0 Å². The molecule has 0 rings (SSSR count). The Morgan fingerprint density at radius 2 is 0.350 bits per heavy atom. The van der Waals surface area contributed by atoms with Crippen molar-refractivity contribution < 1.29 is 19.1 Å². The molecule has 0 aromatic rings. The van der Waals surface area contributed by atoms with Crippen molar-refractivity contribution in [1.82, 2.24) is 0 Å². The van der Waals surface area contributed by atoms with Crippen molar-refractivity contribution in [2.75, 3.05) is 13.2 Å². The Labute approximate surface area is 377 Å². The normalized spacial score (nSPS) is 11.4. The Balaban J connectivity index is 3.23. The first-order valence-electron chi connectivity index (χ1n) is 28.0. The Morgan fingerprint density at radius 3 is 0.500 bits per heavy atom. The predicted octanol–water partition coefficient (Wildman–Crippen LogP) is 19.6. The highest BCUT2D eigenvalue weighted by Crippen LogP contribution is 2.18. The molecule has 0 saturated carbocycles. The largest absolute Gasteiger partial charge is 0.462 e. The molecule has 0 heterocycles. The lowest BCUT2D eigenvalue weighted by Crippen LogP contribution is -2.13. The first kappa shape index (κ1) is 58.9. The second kappa shape index (κ2) is 54.1. The third-order valence-corrected chi connectivity index (χ3v) is 13.1. The van der Waals surface area contributed by atoms with E-state index in [1.165, 1.54) is 283 Å². The Bertz CT molecular complexity index is 745. The van der Waals surface area contributed by atoms with Gasteiger partial charge in [0.05, 0.1) is 0 Å². The van der Waals surface area contributed by atoms with E-state index in [0.717, 1.165) is 25.7 Å². The molecular formula is C56H110O4. The molecule has 4 heteroatoms. The van der Waals surface area contributed by atoms with Gasteiger partial charge in [0.25, 0.3) is 0 Å². The van der Waals surface area contributed by atoms with Gasteiger partial charge in [-0.05, 0) is 12.8 Å². The van der Waals surface area contributed by atoms with Crippen LogP contribution in [0.3, 0.4) is 0 Å². The smallest absolute Gasteiger partial charge is 0.305 e.